The van der Waals surface area contributed by atoms with Crippen LogP contribution in [0, 0.1) is 0 Å². The highest BCUT2D eigenvalue weighted by Crippen LogP contribution is 2.13. The normalized spacial score (nSPS) is 9.94. The number of pyridine rings is 2. The van der Waals surface area contributed by atoms with Gasteiger partial charge in [0.2, 0.25) is 0 Å². The van der Waals surface area contributed by atoms with Gasteiger partial charge in [-0.05, 0) is 24.3 Å². The summed E-state index contributed by atoms with van der Waals surface area (Å²) in [6.45, 7) is 0. The SMILES string of the molecule is COC(=O)c1ccc(-c2cccnc2)[nH]c1=O. The van der Waals surface area contributed by atoms with Gasteiger partial charge in [0.15, 0.2) is 0 Å². The lowest BCUT2D eigenvalue weighted by atomic mass is 10.1. The average molecular weight is 230 g/mol. The van der Waals surface area contributed by atoms with Crippen molar-refractivity contribution in [2.75, 3.05) is 7.11 Å². The first-order valence-electron chi connectivity index (χ1n) is 4.94. The predicted molar refractivity (Wildman–Crippen MR) is 61.6 cm³/mol. The number of methoxy groups -OCH3 is 1. The first kappa shape index (κ1) is 11.1. The van der Waals surface area contributed by atoms with Crippen LogP contribution in [0.15, 0.2) is 41.5 Å². The summed E-state index contributed by atoms with van der Waals surface area (Å²) >= 11 is 0. The fourth-order valence-electron chi connectivity index (χ4n) is 1.43. The lowest BCUT2D eigenvalue weighted by Crippen LogP contribution is -2.18. The van der Waals surface area contributed by atoms with E-state index in [1.54, 1.807) is 24.5 Å². The van der Waals surface area contributed by atoms with Crippen LogP contribution in [0.4, 0.5) is 0 Å². The minimum atomic E-state index is -0.649. The van der Waals surface area contributed by atoms with Crippen LogP contribution < -0.4 is 5.56 Å². The van der Waals surface area contributed by atoms with Gasteiger partial charge in [0.1, 0.15) is 5.56 Å². The van der Waals surface area contributed by atoms with Crippen molar-refractivity contribution >= 4 is 5.97 Å². The number of carbonyl (C=O) groups is 1. The van der Waals surface area contributed by atoms with Crippen LogP contribution in [0.1, 0.15) is 10.4 Å². The van der Waals surface area contributed by atoms with E-state index in [2.05, 4.69) is 14.7 Å². The standard InChI is InChI=1S/C12H10N2O3/c1-17-12(16)9-4-5-10(14-11(9)15)8-3-2-6-13-7-8/h2-7H,1H3,(H,14,15). The Bertz CT molecular complexity index is 590. The van der Waals surface area contributed by atoms with Gasteiger partial charge in [0.05, 0.1) is 7.11 Å². The van der Waals surface area contributed by atoms with Gasteiger partial charge >= 0.3 is 5.97 Å². The Morgan fingerprint density at radius 2 is 2.18 bits per heavy atom. The number of rotatable bonds is 2. The van der Waals surface area contributed by atoms with E-state index >= 15 is 0 Å². The Hall–Kier alpha value is -2.43. The molecule has 0 saturated heterocycles. The van der Waals surface area contributed by atoms with Crippen LogP contribution in [-0.2, 0) is 4.74 Å². The molecule has 5 heteroatoms. The van der Waals surface area contributed by atoms with Gasteiger partial charge in [-0.25, -0.2) is 4.79 Å². The second-order valence-electron chi connectivity index (χ2n) is 3.35. The molecule has 0 atom stereocenters. The lowest BCUT2D eigenvalue weighted by Gasteiger charge is -2.02. The van der Waals surface area contributed by atoms with E-state index in [0.717, 1.165) is 5.56 Å². The molecular formula is C12H10N2O3. The largest absolute Gasteiger partial charge is 0.465 e. The Kier molecular flexibility index (Phi) is 3.00. The van der Waals surface area contributed by atoms with Crippen LogP contribution in [0.5, 0.6) is 0 Å². The fourth-order valence-corrected chi connectivity index (χ4v) is 1.43. The second kappa shape index (κ2) is 4.61. The van der Waals surface area contributed by atoms with E-state index in [0.29, 0.717) is 5.69 Å². The average Bonchev–Trinajstić information content (AvgIpc) is 2.39. The molecule has 86 valence electrons. The van der Waals surface area contributed by atoms with Crippen molar-refractivity contribution in [2.45, 2.75) is 0 Å². The molecule has 2 rings (SSSR count). The van der Waals surface area contributed by atoms with Crippen LogP contribution in [0.25, 0.3) is 11.3 Å². The summed E-state index contributed by atoms with van der Waals surface area (Å²) in [4.78, 5) is 29.4. The molecule has 0 bridgehead atoms. The molecule has 0 aliphatic rings. The summed E-state index contributed by atoms with van der Waals surface area (Å²) < 4.78 is 4.49. The number of carbonyl (C=O) groups excluding carboxylic acids is 1. The van der Waals surface area contributed by atoms with Gasteiger partial charge in [0.25, 0.3) is 5.56 Å². The number of H-pyrrole nitrogens is 1. The maximum Gasteiger partial charge on any atom is 0.343 e. The predicted octanol–water partition coefficient (Wildman–Crippen LogP) is 1.22. The summed E-state index contributed by atoms with van der Waals surface area (Å²) in [5.41, 5.74) is 0.898. The summed E-state index contributed by atoms with van der Waals surface area (Å²) in [5, 5.41) is 0. The molecule has 0 aliphatic heterocycles. The second-order valence-corrected chi connectivity index (χ2v) is 3.35. The van der Waals surface area contributed by atoms with E-state index in [4.69, 9.17) is 0 Å². The number of esters is 1. The van der Waals surface area contributed by atoms with Gasteiger partial charge in [-0.3, -0.25) is 9.78 Å². The van der Waals surface area contributed by atoms with E-state index in [9.17, 15) is 9.59 Å². The molecule has 0 amide bonds. The number of nitrogens with zero attached hydrogens (tertiary/aromatic N) is 1. The summed E-state index contributed by atoms with van der Waals surface area (Å²) in [6, 6.07) is 6.66. The van der Waals surface area contributed by atoms with Gasteiger partial charge < -0.3 is 9.72 Å². The lowest BCUT2D eigenvalue weighted by molar-refractivity contribution is 0.0598. The van der Waals surface area contributed by atoms with Gasteiger partial charge in [-0.1, -0.05) is 0 Å². The quantitative estimate of drug-likeness (QED) is 0.787. The summed E-state index contributed by atoms with van der Waals surface area (Å²) in [6.07, 6.45) is 3.27. The Labute approximate surface area is 97.1 Å². The number of nitrogens with one attached hydrogen (secondary N) is 1. The molecule has 17 heavy (non-hydrogen) atoms. The third kappa shape index (κ3) is 2.23. The molecule has 0 spiro atoms. The zero-order valence-electron chi connectivity index (χ0n) is 9.14. The Balaban J connectivity index is 2.45. The maximum absolute atomic E-state index is 11.6. The molecule has 0 radical (unpaired) electrons. The highest BCUT2D eigenvalue weighted by Gasteiger charge is 2.11. The molecule has 2 heterocycles. The van der Waals surface area contributed by atoms with Crippen molar-refractivity contribution in [1.82, 2.24) is 9.97 Å². The van der Waals surface area contributed by atoms with Crippen molar-refractivity contribution < 1.29 is 9.53 Å². The zero-order chi connectivity index (χ0) is 12.3. The molecule has 0 saturated carbocycles. The molecular weight excluding hydrogens is 220 g/mol. The molecule has 0 aromatic carbocycles. The summed E-state index contributed by atoms with van der Waals surface area (Å²) in [5.74, 6) is -0.649. The van der Waals surface area contributed by atoms with Gasteiger partial charge in [-0.15, -0.1) is 0 Å². The van der Waals surface area contributed by atoms with E-state index < -0.39 is 11.5 Å². The topological polar surface area (TPSA) is 72.0 Å². The van der Waals surface area contributed by atoms with Crippen molar-refractivity contribution in [3.63, 3.8) is 0 Å². The fraction of sp³-hybridized carbons (Fsp3) is 0.0833. The highest BCUT2D eigenvalue weighted by molar-refractivity contribution is 5.89. The molecule has 2 aromatic heterocycles. The highest BCUT2D eigenvalue weighted by atomic mass is 16.5. The Morgan fingerprint density at radius 1 is 1.35 bits per heavy atom. The monoisotopic (exact) mass is 230 g/mol. The minimum Gasteiger partial charge on any atom is -0.465 e. The smallest absolute Gasteiger partial charge is 0.343 e. The van der Waals surface area contributed by atoms with Crippen LogP contribution in [0.2, 0.25) is 0 Å². The van der Waals surface area contributed by atoms with E-state index in [1.165, 1.54) is 13.2 Å². The van der Waals surface area contributed by atoms with Crippen molar-refractivity contribution in [2.24, 2.45) is 0 Å². The van der Waals surface area contributed by atoms with Gasteiger partial charge in [0, 0.05) is 23.7 Å². The van der Waals surface area contributed by atoms with Crippen molar-refractivity contribution in [3.8, 4) is 11.3 Å². The zero-order valence-corrected chi connectivity index (χ0v) is 9.14. The number of ether oxygens (including phenoxy) is 1. The minimum absolute atomic E-state index is 0.0138. The first-order valence-corrected chi connectivity index (χ1v) is 4.94. The van der Waals surface area contributed by atoms with Crippen molar-refractivity contribution in [3.05, 3.63) is 52.6 Å². The molecule has 2 aromatic rings. The van der Waals surface area contributed by atoms with Crippen LogP contribution in [-0.4, -0.2) is 23.0 Å². The molecule has 0 unspecified atom stereocenters. The van der Waals surface area contributed by atoms with Gasteiger partial charge in [-0.2, -0.15) is 0 Å². The number of hydrogen-bond acceptors (Lipinski definition) is 4. The summed E-state index contributed by atoms with van der Waals surface area (Å²) in [7, 11) is 1.23. The first-order chi connectivity index (χ1) is 8.22. The Morgan fingerprint density at radius 3 is 2.76 bits per heavy atom. The molecule has 0 aliphatic carbocycles. The molecule has 1 N–H and O–H groups in total. The maximum atomic E-state index is 11.6. The number of aromatic nitrogens is 2. The number of aromatic amines is 1. The van der Waals surface area contributed by atoms with E-state index in [-0.39, 0.29) is 5.56 Å². The molecule has 0 fully saturated rings. The third-order valence-corrected chi connectivity index (χ3v) is 2.29. The van der Waals surface area contributed by atoms with Crippen LogP contribution >= 0.6 is 0 Å². The third-order valence-electron chi connectivity index (χ3n) is 2.29. The van der Waals surface area contributed by atoms with Crippen molar-refractivity contribution in [1.29, 1.82) is 0 Å². The number of hydrogen-bond donors (Lipinski definition) is 1. The van der Waals surface area contributed by atoms with E-state index in [1.807, 2.05) is 6.07 Å². The molecule has 5 nitrogen and oxygen atoms in total. The van der Waals surface area contributed by atoms with Crippen LogP contribution in [0.3, 0.4) is 0 Å².